The molecule has 3 rings (SSSR count). The van der Waals surface area contributed by atoms with E-state index in [4.69, 9.17) is 5.73 Å². The molecule has 0 aromatic heterocycles. The highest BCUT2D eigenvalue weighted by atomic mass is 16.3. The molecule has 3 N–H and O–H groups in total. The van der Waals surface area contributed by atoms with Crippen LogP contribution in [0.25, 0.3) is 0 Å². The van der Waals surface area contributed by atoms with Gasteiger partial charge in [0.05, 0.1) is 0 Å². The number of nitrogens with two attached hydrogens (primary N) is 1. The van der Waals surface area contributed by atoms with Crippen molar-refractivity contribution in [3.8, 4) is 5.75 Å². The average Bonchev–Trinajstić information content (AvgIpc) is 2.65. The number of rotatable bonds is 1. The summed E-state index contributed by atoms with van der Waals surface area (Å²) >= 11 is 0. The highest BCUT2D eigenvalue weighted by Crippen LogP contribution is 2.39. The van der Waals surface area contributed by atoms with Crippen LogP contribution in [0, 0.1) is 5.92 Å². The number of fused-ring (bicyclic) bond motifs is 3. The molecule has 0 aliphatic carbocycles. The predicted octanol–water partition coefficient (Wildman–Crippen LogP) is 1.49. The van der Waals surface area contributed by atoms with Crippen molar-refractivity contribution in [3.63, 3.8) is 0 Å². The Hall–Kier alpha value is -1.22. The Balaban J connectivity index is 1.91. The van der Waals surface area contributed by atoms with Gasteiger partial charge in [0.25, 0.3) is 0 Å². The summed E-state index contributed by atoms with van der Waals surface area (Å²) in [6.07, 6.45) is 3.57. The van der Waals surface area contributed by atoms with Crippen LogP contribution in [0.4, 0.5) is 5.69 Å². The van der Waals surface area contributed by atoms with Crippen LogP contribution in [-0.4, -0.2) is 24.2 Å². The summed E-state index contributed by atoms with van der Waals surface area (Å²) in [5.74, 6) is 1.02. The Morgan fingerprint density at radius 2 is 2.25 bits per heavy atom. The predicted molar refractivity (Wildman–Crippen MR) is 64.7 cm³/mol. The number of phenolic OH excluding ortho intramolecular Hbond substituents is 1. The van der Waals surface area contributed by atoms with Crippen LogP contribution in [0.3, 0.4) is 0 Å². The van der Waals surface area contributed by atoms with E-state index < -0.39 is 0 Å². The fourth-order valence-electron chi connectivity index (χ4n) is 3.07. The van der Waals surface area contributed by atoms with Crippen LogP contribution >= 0.6 is 0 Å². The molecule has 2 aliphatic rings. The summed E-state index contributed by atoms with van der Waals surface area (Å²) < 4.78 is 0. The number of nitrogens with zero attached hydrogens (tertiary/aromatic N) is 1. The third-order valence-corrected chi connectivity index (χ3v) is 3.97. The lowest BCUT2D eigenvalue weighted by Gasteiger charge is -2.36. The van der Waals surface area contributed by atoms with Gasteiger partial charge in [0, 0.05) is 18.3 Å². The molecule has 0 spiro atoms. The van der Waals surface area contributed by atoms with Crippen LogP contribution < -0.4 is 10.6 Å². The summed E-state index contributed by atoms with van der Waals surface area (Å²) in [5, 5.41) is 9.49. The fourth-order valence-corrected chi connectivity index (χ4v) is 3.07. The minimum absolute atomic E-state index is 0.383. The van der Waals surface area contributed by atoms with E-state index >= 15 is 0 Å². The minimum Gasteiger partial charge on any atom is -0.508 e. The third-order valence-electron chi connectivity index (χ3n) is 3.97. The van der Waals surface area contributed by atoms with Crippen LogP contribution in [0.5, 0.6) is 5.75 Å². The van der Waals surface area contributed by atoms with E-state index in [0.717, 1.165) is 19.5 Å². The molecule has 3 heteroatoms. The lowest BCUT2D eigenvalue weighted by molar-refractivity contribution is 0.371. The molecule has 0 saturated carbocycles. The lowest BCUT2D eigenvalue weighted by atomic mass is 9.93. The van der Waals surface area contributed by atoms with E-state index in [1.54, 1.807) is 6.07 Å². The molecule has 3 nitrogen and oxygen atoms in total. The minimum atomic E-state index is 0.383. The number of anilines is 1. The normalized spacial score (nSPS) is 27.7. The Labute approximate surface area is 95.9 Å². The van der Waals surface area contributed by atoms with Gasteiger partial charge in [0.1, 0.15) is 5.75 Å². The molecule has 1 fully saturated rings. The maximum absolute atomic E-state index is 9.49. The lowest BCUT2D eigenvalue weighted by Crippen LogP contribution is -2.43. The van der Waals surface area contributed by atoms with Gasteiger partial charge in [-0.25, -0.2) is 0 Å². The largest absolute Gasteiger partial charge is 0.508 e. The first-order valence-electron chi connectivity index (χ1n) is 6.06. The molecule has 16 heavy (non-hydrogen) atoms. The van der Waals surface area contributed by atoms with Crippen molar-refractivity contribution in [1.29, 1.82) is 0 Å². The van der Waals surface area contributed by atoms with Gasteiger partial charge in [-0.3, -0.25) is 0 Å². The van der Waals surface area contributed by atoms with Crippen molar-refractivity contribution >= 4 is 5.69 Å². The van der Waals surface area contributed by atoms with Gasteiger partial charge in [-0.1, -0.05) is 0 Å². The van der Waals surface area contributed by atoms with Gasteiger partial charge in [-0.2, -0.15) is 0 Å². The van der Waals surface area contributed by atoms with Crippen molar-refractivity contribution in [2.45, 2.75) is 25.3 Å². The average molecular weight is 218 g/mol. The fraction of sp³-hybridized carbons (Fsp3) is 0.538. The van der Waals surface area contributed by atoms with Gasteiger partial charge in [-0.15, -0.1) is 0 Å². The third kappa shape index (κ3) is 1.47. The molecule has 2 unspecified atom stereocenters. The van der Waals surface area contributed by atoms with Crippen molar-refractivity contribution in [3.05, 3.63) is 23.8 Å². The van der Waals surface area contributed by atoms with Gasteiger partial charge in [0.2, 0.25) is 0 Å². The number of aromatic hydroxyl groups is 1. The van der Waals surface area contributed by atoms with Gasteiger partial charge in [-0.05, 0) is 55.5 Å². The molecule has 2 heterocycles. The summed E-state index contributed by atoms with van der Waals surface area (Å²) in [4.78, 5) is 2.48. The smallest absolute Gasteiger partial charge is 0.116 e. The standard InChI is InChI=1S/C13H18N2O/c14-7-9-1-2-11-5-10-6-12(16)3-4-13(10)15(11)8-9/h3-4,6,9,11,16H,1-2,5,7-8,14H2. The molecule has 1 saturated heterocycles. The maximum Gasteiger partial charge on any atom is 0.116 e. The summed E-state index contributed by atoms with van der Waals surface area (Å²) in [6, 6.07) is 6.38. The van der Waals surface area contributed by atoms with E-state index in [2.05, 4.69) is 4.90 Å². The Kier molecular flexibility index (Phi) is 2.28. The first-order valence-corrected chi connectivity index (χ1v) is 6.06. The van der Waals surface area contributed by atoms with E-state index in [1.807, 2.05) is 12.1 Å². The zero-order valence-corrected chi connectivity index (χ0v) is 9.39. The van der Waals surface area contributed by atoms with Crippen molar-refractivity contribution < 1.29 is 5.11 Å². The van der Waals surface area contributed by atoms with Gasteiger partial charge in [0.15, 0.2) is 0 Å². The van der Waals surface area contributed by atoms with Gasteiger partial charge < -0.3 is 15.7 Å². The molecular formula is C13H18N2O. The highest BCUT2D eigenvalue weighted by molar-refractivity contribution is 5.61. The molecule has 0 bridgehead atoms. The monoisotopic (exact) mass is 218 g/mol. The SMILES string of the molecule is NCC1CCC2Cc3cc(O)ccc3N2C1. The van der Waals surface area contributed by atoms with Crippen molar-refractivity contribution in [2.24, 2.45) is 11.7 Å². The van der Waals surface area contributed by atoms with Crippen molar-refractivity contribution in [2.75, 3.05) is 18.0 Å². The van der Waals surface area contributed by atoms with E-state index in [-0.39, 0.29) is 0 Å². The second-order valence-electron chi connectivity index (χ2n) is 5.00. The van der Waals surface area contributed by atoms with E-state index in [9.17, 15) is 5.11 Å². The number of benzene rings is 1. The molecule has 1 aromatic rings. The molecule has 2 aliphatic heterocycles. The highest BCUT2D eigenvalue weighted by Gasteiger charge is 2.34. The zero-order valence-electron chi connectivity index (χ0n) is 9.39. The Bertz CT molecular complexity index is 405. The summed E-state index contributed by atoms with van der Waals surface area (Å²) in [5.41, 5.74) is 8.36. The molecule has 2 atom stereocenters. The molecular weight excluding hydrogens is 200 g/mol. The zero-order chi connectivity index (χ0) is 11.1. The number of piperidine rings is 1. The second kappa shape index (κ2) is 3.67. The second-order valence-corrected chi connectivity index (χ2v) is 5.00. The molecule has 86 valence electrons. The maximum atomic E-state index is 9.49. The topological polar surface area (TPSA) is 49.5 Å². The number of phenols is 1. The summed E-state index contributed by atoms with van der Waals surface area (Å²) in [7, 11) is 0. The van der Waals surface area contributed by atoms with Crippen LogP contribution in [0.2, 0.25) is 0 Å². The van der Waals surface area contributed by atoms with Crippen LogP contribution in [-0.2, 0) is 6.42 Å². The molecule has 0 amide bonds. The molecule has 0 radical (unpaired) electrons. The quantitative estimate of drug-likeness (QED) is 0.751. The summed E-state index contributed by atoms with van der Waals surface area (Å²) in [6.45, 7) is 1.87. The van der Waals surface area contributed by atoms with E-state index in [1.165, 1.54) is 24.1 Å². The Morgan fingerprint density at radius 1 is 1.38 bits per heavy atom. The van der Waals surface area contributed by atoms with E-state index in [0.29, 0.717) is 17.7 Å². The number of hydrogen-bond donors (Lipinski definition) is 2. The first kappa shape index (κ1) is 9.97. The van der Waals surface area contributed by atoms with Crippen molar-refractivity contribution in [1.82, 2.24) is 0 Å². The molecule has 1 aromatic carbocycles. The first-order chi connectivity index (χ1) is 7.78. The number of hydrogen-bond acceptors (Lipinski definition) is 3. The van der Waals surface area contributed by atoms with Crippen LogP contribution in [0.15, 0.2) is 18.2 Å². The Morgan fingerprint density at radius 3 is 3.06 bits per heavy atom. The van der Waals surface area contributed by atoms with Crippen LogP contribution in [0.1, 0.15) is 18.4 Å². The van der Waals surface area contributed by atoms with Gasteiger partial charge >= 0.3 is 0 Å².